The Morgan fingerprint density at radius 1 is 0.667 bits per heavy atom. The average Bonchev–Trinajstić information content (AvgIpc) is 3.82. The molecule has 0 amide bonds. The van der Waals surface area contributed by atoms with Crippen molar-refractivity contribution in [2.75, 3.05) is 0 Å². The summed E-state index contributed by atoms with van der Waals surface area (Å²) in [5, 5.41) is 2.48. The van der Waals surface area contributed by atoms with Crippen molar-refractivity contribution in [3.05, 3.63) is 150 Å². The highest BCUT2D eigenvalue weighted by Crippen LogP contribution is 2.78. The van der Waals surface area contributed by atoms with E-state index in [0.717, 1.165) is 33.4 Å². The molecule has 250 valence electrons. The van der Waals surface area contributed by atoms with Crippen LogP contribution < -0.4 is 0 Å². The molecule has 51 heavy (non-hydrogen) atoms. The summed E-state index contributed by atoms with van der Waals surface area (Å²) in [6, 6.07) is 46.7. The number of rotatable bonds is 3. The van der Waals surface area contributed by atoms with Crippen LogP contribution in [0.2, 0.25) is 0 Å². The van der Waals surface area contributed by atoms with Gasteiger partial charge in [0.05, 0.1) is 11.1 Å². The quantitative estimate of drug-likeness (QED) is 0.186. The van der Waals surface area contributed by atoms with Crippen molar-refractivity contribution in [2.45, 2.75) is 66.9 Å². The van der Waals surface area contributed by atoms with Crippen LogP contribution >= 0.6 is 11.8 Å². The van der Waals surface area contributed by atoms with Gasteiger partial charge >= 0.3 is 0 Å². The smallest absolute Gasteiger partial charge is 0.231 e. The number of benzene rings is 5. The van der Waals surface area contributed by atoms with Gasteiger partial charge in [0.25, 0.3) is 0 Å². The van der Waals surface area contributed by atoms with Crippen LogP contribution in [-0.4, -0.2) is 9.97 Å². The minimum atomic E-state index is -0.0256. The van der Waals surface area contributed by atoms with Crippen LogP contribution in [0.1, 0.15) is 79.1 Å². The fourth-order valence-electron chi connectivity index (χ4n) is 11.5. The summed E-state index contributed by atoms with van der Waals surface area (Å²) in [4.78, 5) is 12.7. The van der Waals surface area contributed by atoms with Crippen molar-refractivity contribution in [3.8, 4) is 22.4 Å². The topological polar surface area (TPSA) is 38.9 Å². The molecule has 3 heterocycles. The maximum Gasteiger partial charge on any atom is 0.231 e. The minimum Gasteiger partial charge on any atom is -0.438 e. The third kappa shape index (κ3) is 4.03. The van der Waals surface area contributed by atoms with Gasteiger partial charge in [0, 0.05) is 38.3 Å². The number of furan rings is 1. The summed E-state index contributed by atoms with van der Waals surface area (Å²) >= 11 is 2.09. The Hall–Kier alpha value is -4.67. The van der Waals surface area contributed by atoms with Crippen LogP contribution in [-0.2, 0) is 5.41 Å². The highest BCUT2D eigenvalue weighted by molar-refractivity contribution is 8.00. The van der Waals surface area contributed by atoms with Crippen molar-refractivity contribution in [1.82, 2.24) is 9.97 Å². The summed E-state index contributed by atoms with van der Waals surface area (Å²) in [5.41, 5.74) is 10.8. The first-order chi connectivity index (χ1) is 25.0. The summed E-state index contributed by atoms with van der Waals surface area (Å²) in [6.07, 6.45) is 5.00. The van der Waals surface area contributed by atoms with Gasteiger partial charge in [-0.2, -0.15) is 4.98 Å². The molecule has 3 aliphatic carbocycles. The number of hydrogen-bond donors (Lipinski definition) is 0. The molecule has 1 aliphatic heterocycles. The Balaban J connectivity index is 1.17. The minimum absolute atomic E-state index is 0.0256. The van der Waals surface area contributed by atoms with E-state index in [4.69, 9.17) is 14.4 Å². The second-order valence-corrected chi connectivity index (χ2v) is 17.0. The Morgan fingerprint density at radius 2 is 1.37 bits per heavy atom. The first-order valence-electron chi connectivity index (χ1n) is 18.7. The highest BCUT2D eigenvalue weighted by atomic mass is 32.2. The number of nitrogens with zero attached hydrogens (tertiary/aromatic N) is 2. The van der Waals surface area contributed by atoms with Crippen molar-refractivity contribution in [1.29, 1.82) is 0 Å². The monoisotopic (exact) mass is 680 g/mol. The molecule has 2 aromatic heterocycles. The van der Waals surface area contributed by atoms with E-state index in [-0.39, 0.29) is 16.7 Å². The third-order valence-electron chi connectivity index (χ3n) is 13.8. The fraction of sp³-hybridized carbons (Fsp3) is 0.277. The van der Waals surface area contributed by atoms with Gasteiger partial charge in [0.15, 0.2) is 0 Å². The van der Waals surface area contributed by atoms with Gasteiger partial charge in [-0.05, 0) is 70.0 Å². The molecule has 4 aliphatic rings. The van der Waals surface area contributed by atoms with Crippen LogP contribution in [0.25, 0.3) is 44.5 Å². The molecule has 5 aromatic carbocycles. The number of hydrogen-bond acceptors (Lipinski definition) is 4. The van der Waals surface area contributed by atoms with Gasteiger partial charge in [0.2, 0.25) is 5.71 Å². The van der Waals surface area contributed by atoms with E-state index < -0.39 is 0 Å². The summed E-state index contributed by atoms with van der Waals surface area (Å²) in [5.74, 6) is 2.40. The Kier molecular flexibility index (Phi) is 6.42. The largest absolute Gasteiger partial charge is 0.438 e. The first-order valence-corrected chi connectivity index (χ1v) is 19.6. The van der Waals surface area contributed by atoms with Crippen LogP contribution in [0, 0.1) is 17.3 Å². The molecular weight excluding hydrogens is 641 g/mol. The van der Waals surface area contributed by atoms with Gasteiger partial charge in [-0.3, -0.25) is 0 Å². The highest BCUT2D eigenvalue weighted by Gasteiger charge is 2.71. The third-order valence-corrected chi connectivity index (χ3v) is 15.3. The lowest BCUT2D eigenvalue weighted by molar-refractivity contribution is 0.0599. The van der Waals surface area contributed by atoms with Crippen LogP contribution in [0.4, 0.5) is 0 Å². The van der Waals surface area contributed by atoms with E-state index in [0.29, 0.717) is 28.7 Å². The van der Waals surface area contributed by atoms with Gasteiger partial charge in [0.1, 0.15) is 11.4 Å². The SMILES string of the molecule is CC12CCCCC1[C@@H](c1nc(-c3ccc(-c4ccccc4)cc3)c3c(n1)oc1ccccc13)C1C3c4ccccc4SC3c3ccccc3C12C. The molecule has 0 bridgehead atoms. The lowest BCUT2D eigenvalue weighted by Crippen LogP contribution is -2.49. The molecule has 4 heteroatoms. The zero-order valence-corrected chi connectivity index (χ0v) is 29.9. The molecule has 0 spiro atoms. The molecule has 2 saturated carbocycles. The number of thioether (sulfide) groups is 1. The van der Waals surface area contributed by atoms with Crippen molar-refractivity contribution >= 4 is 33.8 Å². The van der Waals surface area contributed by atoms with Crippen LogP contribution in [0.3, 0.4) is 0 Å². The molecule has 7 atom stereocenters. The van der Waals surface area contributed by atoms with Crippen molar-refractivity contribution < 1.29 is 4.42 Å². The number of aromatic nitrogens is 2. The lowest BCUT2D eigenvalue weighted by Gasteiger charge is -2.54. The molecule has 7 aromatic rings. The lowest BCUT2D eigenvalue weighted by atomic mass is 9.50. The normalized spacial score (nSPS) is 28.9. The molecule has 0 saturated heterocycles. The van der Waals surface area contributed by atoms with Crippen molar-refractivity contribution in [2.24, 2.45) is 17.3 Å². The standard InChI is InChI=1S/C47H40N2OS/c1-46-27-13-12-20-35(46)40(41-38-33-18-8-11-22-37(33)51-43(38)31-16-6-9-19-34(31)47(41,46)2)44-48-42(39-32-17-7-10-21-36(32)50-45(39)49-44)30-25-23-29(24-26-30)28-14-4-3-5-15-28/h3-11,14-19,21-26,35,38,40-41,43H,12-13,20,27H2,1-2H3/t35?,38?,40-,41?,43?,46?,47?/m1/s1. The molecule has 11 rings (SSSR count). The van der Waals surface area contributed by atoms with E-state index >= 15 is 0 Å². The Bertz CT molecular complexity index is 2490. The van der Waals surface area contributed by atoms with Gasteiger partial charge in [-0.1, -0.05) is 142 Å². The Morgan fingerprint density at radius 3 is 2.24 bits per heavy atom. The second-order valence-electron chi connectivity index (χ2n) is 15.9. The first kappa shape index (κ1) is 30.0. The molecule has 6 unspecified atom stereocenters. The zero-order chi connectivity index (χ0) is 33.9. The molecule has 3 nitrogen and oxygen atoms in total. The maximum absolute atomic E-state index is 6.67. The van der Waals surface area contributed by atoms with Crippen LogP contribution in [0.15, 0.2) is 137 Å². The summed E-state index contributed by atoms with van der Waals surface area (Å²) in [7, 11) is 0. The van der Waals surface area contributed by atoms with E-state index in [1.54, 1.807) is 11.1 Å². The number of fused-ring (bicyclic) bond motifs is 13. The van der Waals surface area contributed by atoms with Crippen LogP contribution in [0.5, 0.6) is 0 Å². The Labute approximate surface area is 303 Å². The summed E-state index contributed by atoms with van der Waals surface area (Å²) in [6.45, 7) is 5.28. The molecule has 0 radical (unpaired) electrons. The summed E-state index contributed by atoms with van der Waals surface area (Å²) < 4.78 is 6.67. The molecule has 2 fully saturated rings. The molecular formula is C47H40N2OS. The van der Waals surface area contributed by atoms with E-state index in [1.807, 2.05) is 0 Å². The van der Waals surface area contributed by atoms with E-state index in [1.165, 1.54) is 47.3 Å². The predicted molar refractivity (Wildman–Crippen MR) is 208 cm³/mol. The number of para-hydroxylation sites is 1. The van der Waals surface area contributed by atoms with Crippen molar-refractivity contribution in [3.63, 3.8) is 0 Å². The van der Waals surface area contributed by atoms with Gasteiger partial charge in [-0.15, -0.1) is 11.8 Å². The zero-order valence-electron chi connectivity index (χ0n) is 29.1. The fourth-order valence-corrected chi connectivity index (χ4v) is 13.1. The van der Waals surface area contributed by atoms with Gasteiger partial charge < -0.3 is 4.42 Å². The molecule has 0 N–H and O–H groups in total. The maximum atomic E-state index is 6.67. The van der Waals surface area contributed by atoms with Gasteiger partial charge in [-0.25, -0.2) is 4.98 Å². The predicted octanol–water partition coefficient (Wildman–Crippen LogP) is 12.5. The van der Waals surface area contributed by atoms with E-state index in [9.17, 15) is 0 Å². The second kappa shape index (κ2) is 10.9. The average molecular weight is 681 g/mol. The van der Waals surface area contributed by atoms with E-state index in [2.05, 4.69) is 153 Å².